The van der Waals surface area contributed by atoms with Gasteiger partial charge in [-0.05, 0) is 62.6 Å². The largest absolute Gasteiger partial charge is 0.478 e. The van der Waals surface area contributed by atoms with Crippen LogP contribution >= 0.6 is 0 Å². The summed E-state index contributed by atoms with van der Waals surface area (Å²) in [6.07, 6.45) is -4.48. The first-order valence-corrected chi connectivity index (χ1v) is 10.1. The molecule has 0 radical (unpaired) electrons. The highest BCUT2D eigenvalue weighted by Gasteiger charge is 2.34. The van der Waals surface area contributed by atoms with Crippen LogP contribution in [0, 0.1) is 13.8 Å². The van der Waals surface area contributed by atoms with Crippen molar-refractivity contribution in [1.29, 1.82) is 0 Å². The van der Waals surface area contributed by atoms with E-state index in [1.165, 1.54) is 30.9 Å². The summed E-state index contributed by atoms with van der Waals surface area (Å²) in [4.78, 5) is 27.1. The van der Waals surface area contributed by atoms with Gasteiger partial charge >= 0.3 is 18.2 Å². The van der Waals surface area contributed by atoms with E-state index in [2.05, 4.69) is 0 Å². The first-order valence-electron chi connectivity index (χ1n) is 10.1. The number of carboxylic acids is 1. The van der Waals surface area contributed by atoms with Crippen LogP contribution in [0.2, 0.25) is 0 Å². The Morgan fingerprint density at radius 2 is 1.72 bits per heavy atom. The van der Waals surface area contributed by atoms with Crippen LogP contribution < -0.4 is 9.64 Å². The van der Waals surface area contributed by atoms with Gasteiger partial charge in [0, 0.05) is 25.3 Å². The predicted octanol–water partition coefficient (Wildman–Crippen LogP) is 5.01. The second-order valence-electron chi connectivity index (χ2n) is 8.38. The molecule has 0 unspecified atom stereocenters. The minimum atomic E-state index is -4.48. The molecule has 9 heteroatoms. The highest BCUT2D eigenvalue weighted by Crippen LogP contribution is 2.33. The topological polar surface area (TPSA) is 70.1 Å². The summed E-state index contributed by atoms with van der Waals surface area (Å²) >= 11 is 0. The number of carboxylic acid groups (broad SMARTS) is 1. The van der Waals surface area contributed by atoms with Gasteiger partial charge in [0.15, 0.2) is 5.60 Å². The van der Waals surface area contributed by atoms with Crippen molar-refractivity contribution in [3.05, 3.63) is 58.7 Å². The van der Waals surface area contributed by atoms with Crippen LogP contribution in [0.4, 0.5) is 23.7 Å². The molecule has 6 nitrogen and oxygen atoms in total. The molecule has 1 fully saturated rings. The first kappa shape index (κ1) is 23.4. The summed E-state index contributed by atoms with van der Waals surface area (Å²) in [6, 6.07) is 8.00. The van der Waals surface area contributed by atoms with Crippen molar-refractivity contribution < 1.29 is 32.6 Å². The second-order valence-corrected chi connectivity index (χ2v) is 8.38. The van der Waals surface area contributed by atoms with Crippen LogP contribution in [0.3, 0.4) is 0 Å². The molecule has 1 saturated heterocycles. The maximum absolute atomic E-state index is 13.0. The number of carbonyl (C=O) groups is 2. The maximum atomic E-state index is 13.0. The van der Waals surface area contributed by atoms with E-state index in [-0.39, 0.29) is 24.8 Å². The number of rotatable bonds is 6. The Labute approximate surface area is 184 Å². The van der Waals surface area contributed by atoms with Crippen molar-refractivity contribution in [2.45, 2.75) is 46.0 Å². The van der Waals surface area contributed by atoms with E-state index < -0.39 is 23.3 Å². The minimum absolute atomic E-state index is 0.208. The number of amides is 2. The molecule has 2 aromatic carbocycles. The molecule has 0 aliphatic carbocycles. The molecule has 1 aliphatic heterocycles. The van der Waals surface area contributed by atoms with Gasteiger partial charge in [0.25, 0.3) is 0 Å². The highest BCUT2D eigenvalue weighted by atomic mass is 19.4. The lowest BCUT2D eigenvalue weighted by Crippen LogP contribution is -2.38. The summed E-state index contributed by atoms with van der Waals surface area (Å²) in [5.74, 6) is -0.614. The SMILES string of the molecule is Cc1cc(CN2CCN(c3cccc(C(F)(F)F)c3)C2=O)cc(C)c1OC(C)(C)C(=O)O. The van der Waals surface area contributed by atoms with Gasteiger partial charge in [-0.2, -0.15) is 13.2 Å². The molecule has 0 aromatic heterocycles. The smallest absolute Gasteiger partial charge is 0.416 e. The lowest BCUT2D eigenvalue weighted by Gasteiger charge is -2.25. The fourth-order valence-corrected chi connectivity index (χ4v) is 3.63. The van der Waals surface area contributed by atoms with Crippen molar-refractivity contribution in [2.24, 2.45) is 0 Å². The highest BCUT2D eigenvalue weighted by molar-refractivity contribution is 5.94. The number of hydrogen-bond donors (Lipinski definition) is 1. The van der Waals surface area contributed by atoms with E-state index in [4.69, 9.17) is 4.74 Å². The number of nitrogens with zero attached hydrogens (tertiary/aromatic N) is 2. The molecule has 32 heavy (non-hydrogen) atoms. The molecule has 2 aromatic rings. The van der Waals surface area contributed by atoms with E-state index in [1.807, 2.05) is 12.1 Å². The van der Waals surface area contributed by atoms with E-state index in [1.54, 1.807) is 18.7 Å². The summed E-state index contributed by atoms with van der Waals surface area (Å²) < 4.78 is 44.7. The van der Waals surface area contributed by atoms with E-state index in [9.17, 15) is 27.9 Å². The number of anilines is 1. The average molecular weight is 450 g/mol. The monoisotopic (exact) mass is 450 g/mol. The molecule has 0 saturated carbocycles. The number of aryl methyl sites for hydroxylation is 2. The van der Waals surface area contributed by atoms with E-state index in [0.29, 0.717) is 12.3 Å². The van der Waals surface area contributed by atoms with Gasteiger partial charge in [0.1, 0.15) is 5.75 Å². The van der Waals surface area contributed by atoms with Crippen molar-refractivity contribution in [3.8, 4) is 5.75 Å². The summed E-state index contributed by atoms with van der Waals surface area (Å²) in [6.45, 7) is 7.46. The van der Waals surface area contributed by atoms with Gasteiger partial charge in [-0.25, -0.2) is 9.59 Å². The molecule has 2 amide bonds. The first-order chi connectivity index (χ1) is 14.8. The Morgan fingerprint density at radius 3 is 2.28 bits per heavy atom. The number of benzene rings is 2. The number of alkyl halides is 3. The number of hydrogen-bond acceptors (Lipinski definition) is 3. The zero-order valence-electron chi connectivity index (χ0n) is 18.3. The molecule has 1 N–H and O–H groups in total. The predicted molar refractivity (Wildman–Crippen MR) is 113 cm³/mol. The number of ether oxygens (including phenoxy) is 1. The number of urea groups is 1. The molecule has 172 valence electrons. The van der Waals surface area contributed by atoms with Crippen LogP contribution in [-0.2, 0) is 17.5 Å². The zero-order chi connectivity index (χ0) is 23.8. The Hall–Kier alpha value is -3.23. The number of halogens is 3. The van der Waals surface area contributed by atoms with E-state index in [0.717, 1.165) is 28.8 Å². The van der Waals surface area contributed by atoms with Crippen LogP contribution in [0.5, 0.6) is 5.75 Å². The third kappa shape index (κ3) is 4.81. The maximum Gasteiger partial charge on any atom is 0.416 e. The summed E-state index contributed by atoms with van der Waals surface area (Å²) in [7, 11) is 0. The fourth-order valence-electron chi connectivity index (χ4n) is 3.63. The molecular formula is C23H25F3N2O4. The zero-order valence-corrected chi connectivity index (χ0v) is 18.3. The average Bonchev–Trinajstić information content (AvgIpc) is 3.04. The van der Waals surface area contributed by atoms with Crippen molar-refractivity contribution in [2.75, 3.05) is 18.0 Å². The number of carbonyl (C=O) groups excluding carboxylic acids is 1. The van der Waals surface area contributed by atoms with Gasteiger partial charge in [-0.3, -0.25) is 4.90 Å². The molecule has 1 heterocycles. The Balaban J connectivity index is 1.76. The third-order valence-electron chi connectivity index (χ3n) is 5.35. The fraction of sp³-hybridized carbons (Fsp3) is 0.391. The van der Waals surface area contributed by atoms with Gasteiger partial charge in [0.2, 0.25) is 0 Å². The van der Waals surface area contributed by atoms with Crippen LogP contribution in [-0.4, -0.2) is 40.7 Å². The Morgan fingerprint density at radius 1 is 1.09 bits per heavy atom. The van der Waals surface area contributed by atoms with Gasteiger partial charge < -0.3 is 14.7 Å². The molecule has 0 bridgehead atoms. The summed E-state index contributed by atoms with van der Waals surface area (Å²) in [5.41, 5.74) is 0.297. The van der Waals surface area contributed by atoms with Crippen molar-refractivity contribution in [1.82, 2.24) is 4.90 Å². The molecule has 0 spiro atoms. The summed E-state index contributed by atoms with van der Waals surface area (Å²) in [5, 5.41) is 9.30. The van der Waals surface area contributed by atoms with Gasteiger partial charge in [-0.15, -0.1) is 0 Å². The quantitative estimate of drug-likeness (QED) is 0.672. The lowest BCUT2D eigenvalue weighted by molar-refractivity contribution is -0.152. The third-order valence-corrected chi connectivity index (χ3v) is 5.35. The normalized spacial score (nSPS) is 14.8. The Bertz CT molecular complexity index is 1030. The van der Waals surface area contributed by atoms with Crippen LogP contribution in [0.25, 0.3) is 0 Å². The van der Waals surface area contributed by atoms with Crippen LogP contribution in [0.1, 0.15) is 36.1 Å². The van der Waals surface area contributed by atoms with E-state index >= 15 is 0 Å². The minimum Gasteiger partial charge on any atom is -0.478 e. The molecule has 3 rings (SSSR count). The van der Waals surface area contributed by atoms with Gasteiger partial charge in [-0.1, -0.05) is 18.2 Å². The molecular weight excluding hydrogens is 425 g/mol. The van der Waals surface area contributed by atoms with Gasteiger partial charge in [0.05, 0.1) is 5.56 Å². The second kappa shape index (κ2) is 8.37. The lowest BCUT2D eigenvalue weighted by atomic mass is 10.0. The van der Waals surface area contributed by atoms with Crippen LogP contribution in [0.15, 0.2) is 36.4 Å². The standard InChI is InChI=1S/C23H25F3N2O4/c1-14-10-16(11-15(2)19(14)32-22(3,4)20(29)30)13-27-8-9-28(21(27)31)18-7-5-6-17(12-18)23(24,25)26/h5-7,10-12H,8-9,13H2,1-4H3,(H,29,30). The Kier molecular flexibility index (Phi) is 6.13. The number of aliphatic carboxylic acids is 1. The molecule has 0 atom stereocenters. The van der Waals surface area contributed by atoms with Crippen molar-refractivity contribution >= 4 is 17.7 Å². The molecule has 1 aliphatic rings. The van der Waals surface area contributed by atoms with Crippen molar-refractivity contribution in [3.63, 3.8) is 0 Å².